The first-order chi connectivity index (χ1) is 7.33. The van der Waals surface area contributed by atoms with E-state index in [1.807, 2.05) is 4.72 Å². The summed E-state index contributed by atoms with van der Waals surface area (Å²) in [6.07, 6.45) is 0.749. The molecule has 0 radical (unpaired) electrons. The van der Waals surface area contributed by atoms with Crippen LogP contribution in [0.25, 0.3) is 0 Å². The summed E-state index contributed by atoms with van der Waals surface area (Å²) in [4.78, 5) is 21.5. The van der Waals surface area contributed by atoms with Gasteiger partial charge in [-0.05, 0) is 19.3 Å². The van der Waals surface area contributed by atoms with Gasteiger partial charge in [0.05, 0.1) is 11.3 Å². The number of nitrogens with one attached hydrogen (secondary N) is 1. The molecule has 0 aromatic heterocycles. The molecule has 1 amide bonds. The normalized spacial score (nSPS) is 17.8. The summed E-state index contributed by atoms with van der Waals surface area (Å²) in [5, 5.41) is 7.87. The van der Waals surface area contributed by atoms with E-state index in [9.17, 15) is 18.0 Å². The number of carbonyl (C=O) groups excluding carboxylic acids is 1. The number of hydrogen-bond acceptors (Lipinski definition) is 5. The molecule has 1 aliphatic rings. The van der Waals surface area contributed by atoms with Gasteiger partial charge in [0.15, 0.2) is 0 Å². The Morgan fingerprint density at radius 3 is 2.44 bits per heavy atom. The van der Waals surface area contributed by atoms with Crippen molar-refractivity contribution in [1.29, 1.82) is 0 Å². The highest BCUT2D eigenvalue weighted by Gasteiger charge is 2.37. The van der Waals surface area contributed by atoms with E-state index in [4.69, 9.17) is 10.8 Å². The minimum atomic E-state index is -3.60. The molecule has 1 fully saturated rings. The molecule has 7 nitrogen and oxygen atoms in total. The van der Waals surface area contributed by atoms with E-state index in [1.54, 1.807) is 0 Å². The highest BCUT2D eigenvalue weighted by Crippen LogP contribution is 2.27. The van der Waals surface area contributed by atoms with Crippen molar-refractivity contribution in [3.63, 3.8) is 0 Å². The van der Waals surface area contributed by atoms with Gasteiger partial charge in [-0.25, -0.2) is 8.42 Å². The van der Waals surface area contributed by atoms with Crippen molar-refractivity contribution in [2.24, 2.45) is 5.73 Å². The zero-order valence-corrected chi connectivity index (χ0v) is 9.37. The Morgan fingerprint density at radius 2 is 2.00 bits per heavy atom. The molecule has 1 unspecified atom stereocenters. The van der Waals surface area contributed by atoms with E-state index in [2.05, 4.69) is 0 Å². The first kappa shape index (κ1) is 12.9. The summed E-state index contributed by atoms with van der Waals surface area (Å²) in [5.41, 5.74) is 5.35. The average Bonchev–Trinajstić information content (AvgIpc) is 2.96. The fourth-order valence-electron chi connectivity index (χ4n) is 1.09. The van der Waals surface area contributed by atoms with Crippen molar-refractivity contribution < 1.29 is 23.1 Å². The van der Waals surface area contributed by atoms with Crippen LogP contribution in [0.4, 0.5) is 0 Å². The van der Waals surface area contributed by atoms with Gasteiger partial charge in [0.1, 0.15) is 0 Å². The Hall–Kier alpha value is -1.15. The molecule has 0 aromatic carbocycles. The summed E-state index contributed by atoms with van der Waals surface area (Å²) < 4.78 is 24.5. The molecular weight excluding hydrogens is 236 g/mol. The number of aliphatic carboxylic acids is 1. The molecule has 16 heavy (non-hydrogen) atoms. The summed E-state index contributed by atoms with van der Waals surface area (Å²) >= 11 is 0. The number of rotatable bonds is 6. The fraction of sp³-hybridized carbons (Fsp3) is 0.750. The molecule has 0 saturated heterocycles. The van der Waals surface area contributed by atoms with Crippen molar-refractivity contribution in [3.05, 3.63) is 0 Å². The van der Waals surface area contributed by atoms with Gasteiger partial charge >= 0.3 is 5.97 Å². The number of carboxylic acids is 1. The van der Waals surface area contributed by atoms with Crippen LogP contribution in [0.15, 0.2) is 0 Å². The molecular formula is C8H14N2O5S. The van der Waals surface area contributed by atoms with Crippen LogP contribution in [0.2, 0.25) is 0 Å². The average molecular weight is 250 g/mol. The second kappa shape index (κ2) is 4.79. The van der Waals surface area contributed by atoms with Crippen molar-refractivity contribution in [2.75, 3.05) is 0 Å². The fourth-order valence-corrected chi connectivity index (χ4v) is 2.44. The Balaban J connectivity index is 2.42. The second-order valence-electron chi connectivity index (χ2n) is 3.75. The third-order valence-electron chi connectivity index (χ3n) is 2.21. The summed E-state index contributed by atoms with van der Waals surface area (Å²) in [6, 6.07) is -1.11. The Kier molecular flexibility index (Phi) is 3.87. The van der Waals surface area contributed by atoms with Crippen LogP contribution in [0, 0.1) is 0 Å². The lowest BCUT2D eigenvalue weighted by atomic mass is 10.1. The van der Waals surface area contributed by atoms with Crippen LogP contribution in [0.5, 0.6) is 0 Å². The maximum atomic E-state index is 11.3. The maximum absolute atomic E-state index is 11.3. The van der Waals surface area contributed by atoms with E-state index < -0.39 is 33.2 Å². The Morgan fingerprint density at radius 1 is 1.44 bits per heavy atom. The van der Waals surface area contributed by atoms with Gasteiger partial charge < -0.3 is 10.8 Å². The Labute approximate surface area is 93.1 Å². The highest BCUT2D eigenvalue weighted by atomic mass is 32.2. The minimum absolute atomic E-state index is 0.0820. The lowest BCUT2D eigenvalue weighted by Gasteiger charge is -2.10. The number of carbonyl (C=O) groups is 2. The topological polar surface area (TPSA) is 127 Å². The van der Waals surface area contributed by atoms with Crippen LogP contribution in [-0.4, -0.2) is 36.7 Å². The zero-order valence-electron chi connectivity index (χ0n) is 8.55. The van der Waals surface area contributed by atoms with E-state index in [-0.39, 0.29) is 12.8 Å². The van der Waals surface area contributed by atoms with Gasteiger partial charge in [-0.3, -0.25) is 14.3 Å². The SMILES string of the molecule is NC(CCC(=O)O)C(=O)NS(=O)(=O)C1CC1. The first-order valence-corrected chi connectivity index (χ1v) is 6.40. The minimum Gasteiger partial charge on any atom is -0.481 e. The van der Waals surface area contributed by atoms with Gasteiger partial charge in [0, 0.05) is 6.42 Å². The molecule has 1 atom stereocenters. The number of hydrogen-bond donors (Lipinski definition) is 3. The standard InChI is InChI=1S/C8H14N2O5S/c9-6(3-4-7(11)12)8(13)10-16(14,15)5-1-2-5/h5-6H,1-4,9H2,(H,10,13)(H,11,12). The van der Waals surface area contributed by atoms with Crippen molar-refractivity contribution in [2.45, 2.75) is 37.0 Å². The largest absolute Gasteiger partial charge is 0.481 e. The van der Waals surface area contributed by atoms with Crippen LogP contribution < -0.4 is 10.5 Å². The lowest BCUT2D eigenvalue weighted by molar-refractivity contribution is -0.137. The predicted molar refractivity (Wildman–Crippen MR) is 54.9 cm³/mol. The molecule has 0 aromatic rings. The van der Waals surface area contributed by atoms with E-state index in [0.717, 1.165) is 0 Å². The molecule has 1 rings (SSSR count). The van der Waals surface area contributed by atoms with Crippen molar-refractivity contribution in [1.82, 2.24) is 4.72 Å². The third kappa shape index (κ3) is 3.78. The monoisotopic (exact) mass is 250 g/mol. The molecule has 1 saturated carbocycles. The smallest absolute Gasteiger partial charge is 0.303 e. The third-order valence-corrected chi connectivity index (χ3v) is 4.05. The van der Waals surface area contributed by atoms with Crippen molar-refractivity contribution in [3.8, 4) is 0 Å². The number of sulfonamides is 1. The van der Waals surface area contributed by atoms with Gasteiger partial charge in [-0.1, -0.05) is 0 Å². The van der Waals surface area contributed by atoms with Gasteiger partial charge in [-0.2, -0.15) is 0 Å². The number of nitrogens with two attached hydrogens (primary N) is 1. The summed E-state index contributed by atoms with van der Waals surface area (Å²) in [7, 11) is -3.60. The molecule has 0 spiro atoms. The van der Waals surface area contributed by atoms with E-state index in [1.165, 1.54) is 0 Å². The summed E-state index contributed by atoms with van der Waals surface area (Å²) in [6.45, 7) is 0. The molecule has 92 valence electrons. The van der Waals surface area contributed by atoms with E-state index in [0.29, 0.717) is 12.8 Å². The van der Waals surface area contributed by atoms with Crippen molar-refractivity contribution >= 4 is 21.9 Å². The van der Waals surface area contributed by atoms with Crippen LogP contribution in [0.1, 0.15) is 25.7 Å². The maximum Gasteiger partial charge on any atom is 0.303 e. The summed E-state index contributed by atoms with van der Waals surface area (Å²) in [5.74, 6) is -1.92. The molecule has 4 N–H and O–H groups in total. The van der Waals surface area contributed by atoms with E-state index >= 15 is 0 Å². The van der Waals surface area contributed by atoms with Crippen LogP contribution >= 0.6 is 0 Å². The lowest BCUT2D eigenvalue weighted by Crippen LogP contribution is -2.44. The number of carboxylic acid groups (broad SMARTS) is 1. The second-order valence-corrected chi connectivity index (χ2v) is 5.71. The quantitative estimate of drug-likeness (QED) is 0.542. The molecule has 1 aliphatic carbocycles. The predicted octanol–water partition coefficient (Wildman–Crippen LogP) is -1.21. The highest BCUT2D eigenvalue weighted by molar-refractivity contribution is 7.90. The molecule has 8 heteroatoms. The zero-order chi connectivity index (χ0) is 12.3. The van der Waals surface area contributed by atoms with Gasteiger partial charge in [0.2, 0.25) is 15.9 Å². The molecule has 0 bridgehead atoms. The van der Waals surface area contributed by atoms with Gasteiger partial charge in [0.25, 0.3) is 0 Å². The Bertz CT molecular complexity index is 387. The van der Waals surface area contributed by atoms with Crippen LogP contribution in [0.3, 0.4) is 0 Å². The van der Waals surface area contributed by atoms with Crippen LogP contribution in [-0.2, 0) is 19.6 Å². The van der Waals surface area contributed by atoms with Gasteiger partial charge in [-0.15, -0.1) is 0 Å². The first-order valence-electron chi connectivity index (χ1n) is 4.86. The molecule has 0 heterocycles. The number of amides is 1. The molecule has 0 aliphatic heterocycles.